The highest BCUT2D eigenvalue weighted by molar-refractivity contribution is 6.35. The SMILES string of the molecule is COc1c(Cl)cc(Cl)cc1C(O)C(C)N. The number of halogens is 2. The Bertz CT molecular complexity index is 356. The molecule has 3 N–H and O–H groups in total. The van der Waals surface area contributed by atoms with E-state index in [1.807, 2.05) is 0 Å². The van der Waals surface area contributed by atoms with Crippen LogP contribution in [0.1, 0.15) is 18.6 Å². The average Bonchev–Trinajstić information content (AvgIpc) is 2.15. The van der Waals surface area contributed by atoms with Gasteiger partial charge in [-0.25, -0.2) is 0 Å². The first kappa shape index (κ1) is 12.6. The lowest BCUT2D eigenvalue weighted by atomic mass is 10.0. The Balaban J connectivity index is 3.26. The maximum Gasteiger partial charge on any atom is 0.143 e. The van der Waals surface area contributed by atoms with E-state index in [0.29, 0.717) is 21.4 Å². The average molecular weight is 250 g/mol. The summed E-state index contributed by atoms with van der Waals surface area (Å²) in [5.74, 6) is 0.408. The van der Waals surface area contributed by atoms with Crippen LogP contribution in [-0.2, 0) is 0 Å². The maximum absolute atomic E-state index is 9.84. The standard InChI is InChI=1S/C10H13Cl2NO2/c1-5(13)9(14)7-3-6(11)4-8(12)10(7)15-2/h3-5,9,14H,13H2,1-2H3. The highest BCUT2D eigenvalue weighted by Gasteiger charge is 2.20. The van der Waals surface area contributed by atoms with Gasteiger partial charge < -0.3 is 15.6 Å². The molecule has 1 aromatic rings. The van der Waals surface area contributed by atoms with Crippen LogP contribution in [0, 0.1) is 0 Å². The number of hydrogen-bond donors (Lipinski definition) is 2. The minimum absolute atomic E-state index is 0.361. The lowest BCUT2D eigenvalue weighted by Crippen LogP contribution is -2.24. The molecule has 0 aliphatic carbocycles. The predicted octanol–water partition coefficient (Wildman–Crippen LogP) is 2.38. The summed E-state index contributed by atoms with van der Waals surface area (Å²) in [7, 11) is 1.48. The number of ether oxygens (including phenoxy) is 1. The first-order valence-corrected chi connectivity index (χ1v) is 5.19. The normalized spacial score (nSPS) is 14.8. The smallest absolute Gasteiger partial charge is 0.143 e. The highest BCUT2D eigenvalue weighted by atomic mass is 35.5. The van der Waals surface area contributed by atoms with E-state index in [9.17, 15) is 5.11 Å². The molecule has 5 heteroatoms. The summed E-state index contributed by atoms with van der Waals surface area (Å²) >= 11 is 11.8. The van der Waals surface area contributed by atoms with E-state index in [0.717, 1.165) is 0 Å². The van der Waals surface area contributed by atoms with Crippen molar-refractivity contribution in [2.75, 3.05) is 7.11 Å². The van der Waals surface area contributed by atoms with Gasteiger partial charge >= 0.3 is 0 Å². The Morgan fingerprint density at radius 1 is 1.40 bits per heavy atom. The van der Waals surface area contributed by atoms with E-state index >= 15 is 0 Å². The number of aliphatic hydroxyl groups excluding tert-OH is 1. The molecule has 1 aromatic carbocycles. The first-order chi connectivity index (χ1) is 6.97. The predicted molar refractivity (Wildman–Crippen MR) is 61.6 cm³/mol. The minimum Gasteiger partial charge on any atom is -0.495 e. The molecule has 2 atom stereocenters. The van der Waals surface area contributed by atoms with Crippen LogP contribution in [0.2, 0.25) is 10.0 Å². The fraction of sp³-hybridized carbons (Fsp3) is 0.400. The summed E-state index contributed by atoms with van der Waals surface area (Å²) in [6, 6.07) is 2.73. The third kappa shape index (κ3) is 2.75. The van der Waals surface area contributed by atoms with Gasteiger partial charge in [-0.15, -0.1) is 0 Å². The molecule has 0 bridgehead atoms. The number of benzene rings is 1. The van der Waals surface area contributed by atoms with Gasteiger partial charge in [0.25, 0.3) is 0 Å². The van der Waals surface area contributed by atoms with E-state index in [2.05, 4.69) is 0 Å². The van der Waals surface area contributed by atoms with Gasteiger partial charge in [-0.2, -0.15) is 0 Å². The molecule has 2 unspecified atom stereocenters. The Labute approximate surface area is 98.7 Å². The van der Waals surface area contributed by atoms with Crippen LogP contribution < -0.4 is 10.5 Å². The molecule has 0 aromatic heterocycles. The summed E-state index contributed by atoms with van der Waals surface area (Å²) in [6.45, 7) is 1.69. The van der Waals surface area contributed by atoms with E-state index in [-0.39, 0.29) is 0 Å². The third-order valence-electron chi connectivity index (χ3n) is 2.06. The molecule has 0 saturated heterocycles. The van der Waals surface area contributed by atoms with Gasteiger partial charge in [0.15, 0.2) is 0 Å². The zero-order valence-corrected chi connectivity index (χ0v) is 10.0. The molecular formula is C10H13Cl2NO2. The van der Waals surface area contributed by atoms with Gasteiger partial charge in [-0.05, 0) is 19.1 Å². The van der Waals surface area contributed by atoms with Crippen molar-refractivity contribution in [1.82, 2.24) is 0 Å². The number of rotatable bonds is 3. The van der Waals surface area contributed by atoms with Crippen LogP contribution >= 0.6 is 23.2 Å². The van der Waals surface area contributed by atoms with Crippen LogP contribution in [0.15, 0.2) is 12.1 Å². The van der Waals surface area contributed by atoms with Crippen molar-refractivity contribution in [1.29, 1.82) is 0 Å². The highest BCUT2D eigenvalue weighted by Crippen LogP contribution is 2.36. The summed E-state index contributed by atoms with van der Waals surface area (Å²) in [6.07, 6.45) is -0.851. The van der Waals surface area contributed by atoms with Crippen LogP contribution in [0.4, 0.5) is 0 Å². The van der Waals surface area contributed by atoms with Crippen molar-refractivity contribution in [3.63, 3.8) is 0 Å². The molecule has 0 aliphatic rings. The monoisotopic (exact) mass is 249 g/mol. The molecule has 0 spiro atoms. The molecule has 84 valence electrons. The second-order valence-electron chi connectivity index (χ2n) is 3.31. The number of hydrogen-bond acceptors (Lipinski definition) is 3. The maximum atomic E-state index is 9.84. The molecule has 0 saturated carbocycles. The van der Waals surface area contributed by atoms with E-state index in [1.165, 1.54) is 7.11 Å². The molecule has 0 fully saturated rings. The summed E-state index contributed by atoms with van der Waals surface area (Å²) in [4.78, 5) is 0. The van der Waals surface area contributed by atoms with Gasteiger partial charge in [-0.1, -0.05) is 23.2 Å². The van der Waals surface area contributed by atoms with Crippen molar-refractivity contribution in [3.05, 3.63) is 27.7 Å². The van der Waals surface area contributed by atoms with Crippen LogP contribution in [-0.4, -0.2) is 18.3 Å². The van der Waals surface area contributed by atoms with E-state index < -0.39 is 12.1 Å². The van der Waals surface area contributed by atoms with Gasteiger partial charge in [-0.3, -0.25) is 0 Å². The lowest BCUT2D eigenvalue weighted by Gasteiger charge is -2.19. The van der Waals surface area contributed by atoms with Crippen LogP contribution in [0.25, 0.3) is 0 Å². The van der Waals surface area contributed by atoms with Crippen LogP contribution in [0.5, 0.6) is 5.75 Å². The minimum atomic E-state index is -0.851. The first-order valence-electron chi connectivity index (χ1n) is 4.44. The number of aliphatic hydroxyl groups is 1. The zero-order valence-electron chi connectivity index (χ0n) is 8.50. The van der Waals surface area contributed by atoms with Crippen molar-refractivity contribution in [2.45, 2.75) is 19.1 Å². The zero-order chi connectivity index (χ0) is 11.6. The summed E-state index contributed by atoms with van der Waals surface area (Å²) in [5, 5.41) is 10.6. The van der Waals surface area contributed by atoms with Gasteiger partial charge in [0, 0.05) is 16.6 Å². The van der Waals surface area contributed by atoms with Crippen molar-refractivity contribution >= 4 is 23.2 Å². The molecule has 0 aliphatic heterocycles. The van der Waals surface area contributed by atoms with E-state index in [1.54, 1.807) is 19.1 Å². The molecule has 15 heavy (non-hydrogen) atoms. The van der Waals surface area contributed by atoms with Crippen molar-refractivity contribution < 1.29 is 9.84 Å². The van der Waals surface area contributed by atoms with Crippen molar-refractivity contribution in [2.24, 2.45) is 5.73 Å². The molecule has 0 radical (unpaired) electrons. The van der Waals surface area contributed by atoms with Gasteiger partial charge in [0.1, 0.15) is 5.75 Å². The Kier molecular flexibility index (Phi) is 4.22. The van der Waals surface area contributed by atoms with Gasteiger partial charge in [0.05, 0.1) is 18.2 Å². The van der Waals surface area contributed by atoms with Crippen molar-refractivity contribution in [3.8, 4) is 5.75 Å². The summed E-state index contributed by atoms with van der Waals surface area (Å²) < 4.78 is 5.10. The quantitative estimate of drug-likeness (QED) is 0.865. The topological polar surface area (TPSA) is 55.5 Å². The lowest BCUT2D eigenvalue weighted by molar-refractivity contribution is 0.149. The molecule has 3 nitrogen and oxygen atoms in total. The molecule has 0 amide bonds. The Morgan fingerprint density at radius 3 is 2.47 bits per heavy atom. The van der Waals surface area contributed by atoms with E-state index in [4.69, 9.17) is 33.7 Å². The molecule has 1 rings (SSSR count). The number of nitrogens with two attached hydrogens (primary N) is 1. The fourth-order valence-corrected chi connectivity index (χ4v) is 1.88. The third-order valence-corrected chi connectivity index (χ3v) is 2.56. The second-order valence-corrected chi connectivity index (χ2v) is 4.16. The Morgan fingerprint density at radius 2 is 2.00 bits per heavy atom. The molecule has 0 heterocycles. The van der Waals surface area contributed by atoms with Gasteiger partial charge in [0.2, 0.25) is 0 Å². The number of methoxy groups -OCH3 is 1. The fourth-order valence-electron chi connectivity index (χ4n) is 1.30. The summed E-state index contributed by atoms with van der Waals surface area (Å²) in [5.41, 5.74) is 6.10. The Hall–Kier alpha value is -0.480. The largest absolute Gasteiger partial charge is 0.495 e. The molecular weight excluding hydrogens is 237 g/mol. The second kappa shape index (κ2) is 5.03. The van der Waals surface area contributed by atoms with Crippen LogP contribution in [0.3, 0.4) is 0 Å².